The summed E-state index contributed by atoms with van der Waals surface area (Å²) in [5.41, 5.74) is 0. The molecule has 2 aromatic heterocycles. The number of aromatic nitrogens is 2. The molecule has 0 radical (unpaired) electrons. The molecule has 0 spiro atoms. The summed E-state index contributed by atoms with van der Waals surface area (Å²) >= 11 is 1.75. The first-order valence-corrected chi connectivity index (χ1v) is 9.72. The van der Waals surface area contributed by atoms with Gasteiger partial charge in [0.25, 0.3) is 0 Å². The van der Waals surface area contributed by atoms with Gasteiger partial charge in [0.2, 0.25) is 5.91 Å². The van der Waals surface area contributed by atoms with Crippen LogP contribution < -0.4 is 10.2 Å². The number of aryl methyl sites for hydroxylation is 1. The maximum absolute atomic E-state index is 12.3. The molecule has 3 heterocycles. The maximum Gasteiger partial charge on any atom is 0.223 e. The Bertz CT molecular complexity index is 706. The molecule has 1 atom stereocenters. The molecule has 1 amide bonds. The van der Waals surface area contributed by atoms with Crippen molar-refractivity contribution >= 4 is 33.3 Å². The molecule has 0 saturated carbocycles. The van der Waals surface area contributed by atoms with E-state index in [1.165, 1.54) is 4.88 Å². The molecule has 2 aromatic rings. The molecule has 3 rings (SSSR count). The molecule has 0 bridgehead atoms. The van der Waals surface area contributed by atoms with Crippen molar-refractivity contribution in [3.05, 3.63) is 17.3 Å². The summed E-state index contributed by atoms with van der Waals surface area (Å²) in [7, 11) is 0. The molecule has 1 N–H and O–H groups in total. The predicted octanol–water partition coefficient (Wildman–Crippen LogP) is 3.38. The minimum Gasteiger partial charge on any atom is -0.356 e. The van der Waals surface area contributed by atoms with Gasteiger partial charge in [0.1, 0.15) is 17.0 Å². The molecule has 0 aromatic carbocycles. The fourth-order valence-corrected chi connectivity index (χ4v) is 4.06. The van der Waals surface area contributed by atoms with Crippen LogP contribution in [0.1, 0.15) is 44.9 Å². The van der Waals surface area contributed by atoms with Crippen molar-refractivity contribution in [2.24, 2.45) is 5.92 Å². The second-order valence-electron chi connectivity index (χ2n) is 6.56. The third kappa shape index (κ3) is 3.53. The van der Waals surface area contributed by atoms with E-state index in [9.17, 15) is 4.79 Å². The van der Waals surface area contributed by atoms with Crippen molar-refractivity contribution in [1.82, 2.24) is 15.3 Å². The quantitative estimate of drug-likeness (QED) is 0.902. The third-order valence-electron chi connectivity index (χ3n) is 4.87. The Morgan fingerprint density at radius 3 is 2.79 bits per heavy atom. The molecule has 6 heteroatoms. The van der Waals surface area contributed by atoms with E-state index in [1.807, 2.05) is 0 Å². The Labute approximate surface area is 147 Å². The first-order valence-electron chi connectivity index (χ1n) is 8.91. The Hall–Kier alpha value is -1.69. The number of carbonyl (C=O) groups excluding carboxylic acids is 1. The van der Waals surface area contributed by atoms with Crippen LogP contribution in [0.3, 0.4) is 0 Å². The van der Waals surface area contributed by atoms with Crippen molar-refractivity contribution in [1.29, 1.82) is 0 Å². The molecular formula is C18H26N4OS. The normalized spacial score (nSPS) is 17.2. The second kappa shape index (κ2) is 7.47. The summed E-state index contributed by atoms with van der Waals surface area (Å²) in [5, 5.41) is 4.27. The molecule has 24 heavy (non-hydrogen) atoms. The van der Waals surface area contributed by atoms with Gasteiger partial charge in [-0.3, -0.25) is 4.79 Å². The van der Waals surface area contributed by atoms with Crippen molar-refractivity contribution < 1.29 is 4.79 Å². The molecule has 1 aliphatic rings. The first-order chi connectivity index (χ1) is 11.6. The smallest absolute Gasteiger partial charge is 0.223 e. The number of fused-ring (bicyclic) bond motifs is 1. The van der Waals surface area contributed by atoms with Gasteiger partial charge in [0.05, 0.1) is 5.39 Å². The predicted molar refractivity (Wildman–Crippen MR) is 99.6 cm³/mol. The van der Waals surface area contributed by atoms with Crippen molar-refractivity contribution in [3.8, 4) is 0 Å². The Balaban J connectivity index is 1.69. The highest BCUT2D eigenvalue weighted by atomic mass is 32.1. The van der Waals surface area contributed by atoms with Crippen molar-refractivity contribution in [2.45, 2.75) is 52.5 Å². The topological polar surface area (TPSA) is 58.1 Å². The number of amides is 1. The lowest BCUT2D eigenvalue weighted by Gasteiger charge is -2.32. The molecule has 0 aliphatic carbocycles. The zero-order valence-corrected chi connectivity index (χ0v) is 15.5. The van der Waals surface area contributed by atoms with Gasteiger partial charge in [0, 0.05) is 29.9 Å². The molecular weight excluding hydrogens is 320 g/mol. The van der Waals surface area contributed by atoms with Gasteiger partial charge in [0.15, 0.2) is 0 Å². The van der Waals surface area contributed by atoms with Gasteiger partial charge in [-0.25, -0.2) is 9.97 Å². The number of hydrogen-bond donors (Lipinski definition) is 1. The number of thiophene rings is 1. The number of nitrogens with one attached hydrogen (secondary N) is 1. The van der Waals surface area contributed by atoms with Crippen LogP contribution in [0.25, 0.3) is 10.2 Å². The number of anilines is 1. The fraction of sp³-hybridized carbons (Fsp3) is 0.611. The van der Waals surface area contributed by atoms with Gasteiger partial charge in [-0.15, -0.1) is 11.3 Å². The highest BCUT2D eigenvalue weighted by molar-refractivity contribution is 7.18. The van der Waals surface area contributed by atoms with E-state index < -0.39 is 0 Å². The number of piperidine rings is 1. The third-order valence-corrected chi connectivity index (χ3v) is 6.06. The lowest BCUT2D eigenvalue weighted by molar-refractivity contribution is -0.126. The van der Waals surface area contributed by atoms with Crippen LogP contribution in [0.15, 0.2) is 12.4 Å². The van der Waals surface area contributed by atoms with E-state index in [4.69, 9.17) is 0 Å². The highest BCUT2D eigenvalue weighted by Crippen LogP contribution is 2.32. The number of carbonyl (C=O) groups is 1. The van der Waals surface area contributed by atoms with Crippen LogP contribution in [0.4, 0.5) is 5.82 Å². The minimum atomic E-state index is 0.126. The van der Waals surface area contributed by atoms with Crippen LogP contribution in [-0.4, -0.2) is 35.0 Å². The monoisotopic (exact) mass is 346 g/mol. The average Bonchev–Trinajstić information content (AvgIpc) is 3.05. The van der Waals surface area contributed by atoms with E-state index in [0.29, 0.717) is 0 Å². The van der Waals surface area contributed by atoms with Gasteiger partial charge in [-0.2, -0.15) is 0 Å². The number of nitrogens with zero attached hydrogens (tertiary/aromatic N) is 3. The summed E-state index contributed by atoms with van der Waals surface area (Å²) in [6.07, 6.45) is 5.44. The number of hydrogen-bond acceptors (Lipinski definition) is 5. The molecule has 1 aliphatic heterocycles. The van der Waals surface area contributed by atoms with E-state index in [-0.39, 0.29) is 17.9 Å². The highest BCUT2D eigenvalue weighted by Gasteiger charge is 2.27. The SMILES string of the molecule is CCc1cc2c(N3CCC(C(=O)NC(C)CC)CC3)ncnc2s1. The lowest BCUT2D eigenvalue weighted by Crippen LogP contribution is -2.43. The first kappa shape index (κ1) is 17.1. The zero-order chi connectivity index (χ0) is 17.1. The summed E-state index contributed by atoms with van der Waals surface area (Å²) in [6.45, 7) is 8.08. The maximum atomic E-state index is 12.3. The Morgan fingerprint density at radius 2 is 2.12 bits per heavy atom. The summed E-state index contributed by atoms with van der Waals surface area (Å²) in [5.74, 6) is 1.36. The molecule has 1 fully saturated rings. The van der Waals surface area contributed by atoms with Crippen LogP contribution in [0.2, 0.25) is 0 Å². The van der Waals surface area contributed by atoms with Gasteiger partial charge >= 0.3 is 0 Å². The second-order valence-corrected chi connectivity index (χ2v) is 7.68. The zero-order valence-electron chi connectivity index (χ0n) is 14.7. The van der Waals surface area contributed by atoms with Gasteiger partial charge in [-0.05, 0) is 38.7 Å². The average molecular weight is 347 g/mol. The van der Waals surface area contributed by atoms with E-state index in [2.05, 4.69) is 47.0 Å². The van der Waals surface area contributed by atoms with Crippen molar-refractivity contribution in [2.75, 3.05) is 18.0 Å². The van der Waals surface area contributed by atoms with E-state index >= 15 is 0 Å². The summed E-state index contributed by atoms with van der Waals surface area (Å²) < 4.78 is 0. The van der Waals surface area contributed by atoms with Crippen LogP contribution in [-0.2, 0) is 11.2 Å². The Kier molecular flexibility index (Phi) is 5.33. The van der Waals surface area contributed by atoms with Gasteiger partial charge in [-0.1, -0.05) is 13.8 Å². The van der Waals surface area contributed by atoms with Crippen LogP contribution in [0.5, 0.6) is 0 Å². The van der Waals surface area contributed by atoms with Crippen LogP contribution >= 0.6 is 11.3 Å². The Morgan fingerprint density at radius 1 is 1.38 bits per heavy atom. The summed E-state index contributed by atoms with van der Waals surface area (Å²) in [4.78, 5) is 26.0. The molecule has 1 unspecified atom stereocenters. The standard InChI is InChI=1S/C18H26N4OS/c1-4-12(3)21-17(23)13-6-8-22(9-7-13)16-15-10-14(5-2)24-18(15)20-11-19-16/h10-13H,4-9H2,1-3H3,(H,21,23). The van der Waals surface area contributed by atoms with E-state index in [0.717, 1.165) is 54.8 Å². The number of rotatable bonds is 5. The molecule has 130 valence electrons. The van der Waals surface area contributed by atoms with E-state index in [1.54, 1.807) is 17.7 Å². The largest absolute Gasteiger partial charge is 0.356 e. The minimum absolute atomic E-state index is 0.126. The van der Waals surface area contributed by atoms with Crippen LogP contribution in [0, 0.1) is 5.92 Å². The molecule has 5 nitrogen and oxygen atoms in total. The van der Waals surface area contributed by atoms with Crippen molar-refractivity contribution in [3.63, 3.8) is 0 Å². The van der Waals surface area contributed by atoms with Gasteiger partial charge < -0.3 is 10.2 Å². The summed E-state index contributed by atoms with van der Waals surface area (Å²) in [6, 6.07) is 2.48. The fourth-order valence-electron chi connectivity index (χ4n) is 3.14. The molecule has 1 saturated heterocycles. The lowest BCUT2D eigenvalue weighted by atomic mass is 9.95.